The summed E-state index contributed by atoms with van der Waals surface area (Å²) in [6, 6.07) is 0. The smallest absolute Gasteiger partial charge is 0.303 e. The summed E-state index contributed by atoms with van der Waals surface area (Å²) < 4.78 is 0. The van der Waals surface area contributed by atoms with Gasteiger partial charge in [-0.15, -0.1) is 0 Å². The van der Waals surface area contributed by atoms with E-state index in [9.17, 15) is 9.59 Å². The minimum Gasteiger partial charge on any atom is -0.481 e. The van der Waals surface area contributed by atoms with Crippen molar-refractivity contribution in [1.82, 2.24) is 5.32 Å². The molecule has 0 bridgehead atoms. The average molecular weight is 301 g/mol. The van der Waals surface area contributed by atoms with Crippen molar-refractivity contribution in [2.75, 3.05) is 6.54 Å². The van der Waals surface area contributed by atoms with Crippen molar-refractivity contribution >= 4 is 11.9 Å². The van der Waals surface area contributed by atoms with E-state index < -0.39 is 5.97 Å². The molecule has 3 N–H and O–H groups in total. The largest absolute Gasteiger partial charge is 0.481 e. The molecule has 0 aromatic rings. The fraction of sp³-hybridized carbons (Fsp3) is 0.733. The van der Waals surface area contributed by atoms with Gasteiger partial charge in [0, 0.05) is 13.0 Å². The van der Waals surface area contributed by atoms with Gasteiger partial charge in [-0.3, -0.25) is 9.59 Å². The lowest BCUT2D eigenvalue weighted by atomic mass is 10.1. The monoisotopic (exact) mass is 301 g/mol. The summed E-state index contributed by atoms with van der Waals surface area (Å²) in [7, 11) is 0. The van der Waals surface area contributed by atoms with E-state index in [0.29, 0.717) is 6.54 Å². The van der Waals surface area contributed by atoms with Gasteiger partial charge in [0.05, 0.1) is 6.42 Å². The molecule has 122 valence electrons. The van der Waals surface area contributed by atoms with E-state index in [1.165, 1.54) is 0 Å². The molecule has 0 aliphatic heterocycles. The van der Waals surface area contributed by atoms with Crippen molar-refractivity contribution in [3.05, 3.63) is 12.3 Å². The zero-order valence-corrected chi connectivity index (χ0v) is 12.6. The van der Waals surface area contributed by atoms with Crippen molar-refractivity contribution in [2.24, 2.45) is 0 Å². The van der Waals surface area contributed by atoms with E-state index in [4.69, 9.17) is 10.4 Å². The first kappa shape index (κ1) is 19.4. The number of amides is 1. The van der Waals surface area contributed by atoms with E-state index in [1.54, 1.807) is 0 Å². The molecule has 0 unspecified atom stereocenters. The molecule has 0 aromatic heterocycles. The SMILES string of the molecule is C=C(CC(=O)NCCCCCCCCCCC(=O)O)OO. The van der Waals surface area contributed by atoms with Crippen LogP contribution in [0.25, 0.3) is 0 Å². The Bertz CT molecular complexity index is 317. The molecule has 0 aliphatic carbocycles. The normalized spacial score (nSPS) is 10.1. The van der Waals surface area contributed by atoms with Crippen LogP contribution in [0.15, 0.2) is 12.3 Å². The molecule has 0 saturated carbocycles. The topological polar surface area (TPSA) is 95.9 Å². The molecule has 6 heteroatoms. The van der Waals surface area contributed by atoms with E-state index in [1.807, 2.05) is 0 Å². The third-order valence-corrected chi connectivity index (χ3v) is 3.13. The van der Waals surface area contributed by atoms with Gasteiger partial charge in [-0.2, -0.15) is 0 Å². The van der Waals surface area contributed by atoms with E-state index in [0.717, 1.165) is 51.4 Å². The summed E-state index contributed by atoms with van der Waals surface area (Å²) in [5, 5.41) is 19.5. The first-order valence-corrected chi connectivity index (χ1v) is 7.54. The highest BCUT2D eigenvalue weighted by molar-refractivity contribution is 5.77. The van der Waals surface area contributed by atoms with Crippen LogP contribution in [0.1, 0.15) is 64.2 Å². The van der Waals surface area contributed by atoms with Gasteiger partial charge in [-0.05, 0) is 12.8 Å². The summed E-state index contributed by atoms with van der Waals surface area (Å²) in [5.41, 5.74) is 0. The predicted octanol–water partition coefficient (Wildman–Crippen LogP) is 3.09. The van der Waals surface area contributed by atoms with Crippen LogP contribution in [-0.4, -0.2) is 28.8 Å². The molecule has 0 aliphatic rings. The first-order chi connectivity index (χ1) is 10.1. The Hall–Kier alpha value is -1.56. The molecule has 0 saturated heterocycles. The molecule has 6 nitrogen and oxygen atoms in total. The number of carboxylic acid groups (broad SMARTS) is 1. The Kier molecular flexibility index (Phi) is 12.4. The molecule has 1 amide bonds. The lowest BCUT2D eigenvalue weighted by molar-refractivity contribution is -0.205. The van der Waals surface area contributed by atoms with Crippen LogP contribution in [0.5, 0.6) is 0 Å². The van der Waals surface area contributed by atoms with Crippen molar-refractivity contribution in [1.29, 1.82) is 0 Å². The maximum absolute atomic E-state index is 11.3. The zero-order chi connectivity index (χ0) is 15.9. The lowest BCUT2D eigenvalue weighted by Crippen LogP contribution is -2.24. The van der Waals surface area contributed by atoms with Gasteiger partial charge >= 0.3 is 5.97 Å². The van der Waals surface area contributed by atoms with Crippen LogP contribution in [-0.2, 0) is 14.5 Å². The maximum atomic E-state index is 11.3. The van der Waals surface area contributed by atoms with Gasteiger partial charge in [0.15, 0.2) is 0 Å². The molecular formula is C15H27NO5. The first-order valence-electron chi connectivity index (χ1n) is 7.54. The molecular weight excluding hydrogens is 274 g/mol. The van der Waals surface area contributed by atoms with E-state index in [-0.39, 0.29) is 24.5 Å². The number of carbonyl (C=O) groups is 2. The highest BCUT2D eigenvalue weighted by Gasteiger charge is 2.04. The summed E-state index contributed by atoms with van der Waals surface area (Å²) >= 11 is 0. The van der Waals surface area contributed by atoms with Crippen LogP contribution in [0.3, 0.4) is 0 Å². The summed E-state index contributed by atoms with van der Waals surface area (Å²) in [5.74, 6) is -0.881. The molecule has 0 radical (unpaired) electrons. The Balaban J connectivity index is 3.20. The summed E-state index contributed by atoms with van der Waals surface area (Å²) in [6.45, 7) is 3.98. The molecule has 0 aromatic carbocycles. The third-order valence-electron chi connectivity index (χ3n) is 3.13. The standard InChI is InChI=1S/C15H27NO5/c1-13(21-20)12-14(17)16-11-9-7-5-3-2-4-6-8-10-15(18)19/h20H,1-12H2,(H,16,17)(H,18,19). The lowest BCUT2D eigenvalue weighted by Gasteiger charge is -2.05. The Morgan fingerprint density at radius 2 is 1.48 bits per heavy atom. The van der Waals surface area contributed by atoms with Crippen LogP contribution in [0, 0.1) is 0 Å². The predicted molar refractivity (Wildman–Crippen MR) is 79.7 cm³/mol. The van der Waals surface area contributed by atoms with Crippen LogP contribution < -0.4 is 5.32 Å². The Morgan fingerprint density at radius 3 is 2.00 bits per heavy atom. The number of hydrogen-bond donors (Lipinski definition) is 3. The minimum absolute atomic E-state index is 0.0210. The molecule has 0 spiro atoms. The summed E-state index contributed by atoms with van der Waals surface area (Å²) in [6.07, 6.45) is 8.50. The fourth-order valence-corrected chi connectivity index (χ4v) is 1.96. The number of unbranched alkanes of at least 4 members (excludes halogenated alkanes) is 7. The highest BCUT2D eigenvalue weighted by Crippen LogP contribution is 2.09. The highest BCUT2D eigenvalue weighted by atomic mass is 17.1. The van der Waals surface area contributed by atoms with Crippen LogP contribution in [0.2, 0.25) is 0 Å². The van der Waals surface area contributed by atoms with E-state index >= 15 is 0 Å². The van der Waals surface area contributed by atoms with Gasteiger partial charge in [-0.1, -0.05) is 45.1 Å². The minimum atomic E-state index is -0.717. The van der Waals surface area contributed by atoms with Gasteiger partial charge in [-0.25, -0.2) is 5.26 Å². The number of rotatable bonds is 14. The number of hydrogen-bond acceptors (Lipinski definition) is 4. The van der Waals surface area contributed by atoms with Crippen LogP contribution >= 0.6 is 0 Å². The summed E-state index contributed by atoms with van der Waals surface area (Å²) in [4.78, 5) is 25.4. The molecule has 0 fully saturated rings. The molecule has 0 rings (SSSR count). The van der Waals surface area contributed by atoms with Gasteiger partial charge in [0.2, 0.25) is 5.91 Å². The number of carbonyl (C=O) groups excluding carboxylic acids is 1. The van der Waals surface area contributed by atoms with Crippen molar-refractivity contribution in [3.63, 3.8) is 0 Å². The zero-order valence-electron chi connectivity index (χ0n) is 12.6. The van der Waals surface area contributed by atoms with Crippen molar-refractivity contribution in [2.45, 2.75) is 64.2 Å². The average Bonchev–Trinajstić information content (AvgIpc) is 2.44. The van der Waals surface area contributed by atoms with Gasteiger partial charge in [0.1, 0.15) is 5.76 Å². The number of aliphatic carboxylic acids is 1. The van der Waals surface area contributed by atoms with Crippen molar-refractivity contribution < 1.29 is 24.8 Å². The second-order valence-electron chi connectivity index (χ2n) is 5.13. The second-order valence-corrected chi connectivity index (χ2v) is 5.13. The number of carboxylic acids is 1. The fourth-order valence-electron chi connectivity index (χ4n) is 1.96. The Labute approximate surface area is 126 Å². The van der Waals surface area contributed by atoms with Crippen molar-refractivity contribution in [3.8, 4) is 0 Å². The molecule has 0 atom stereocenters. The van der Waals surface area contributed by atoms with Gasteiger partial charge in [0.25, 0.3) is 0 Å². The number of nitrogens with one attached hydrogen (secondary N) is 1. The Morgan fingerprint density at radius 1 is 0.952 bits per heavy atom. The second kappa shape index (κ2) is 13.4. The van der Waals surface area contributed by atoms with Gasteiger partial charge < -0.3 is 15.3 Å². The van der Waals surface area contributed by atoms with E-state index in [2.05, 4.69) is 16.8 Å². The molecule has 21 heavy (non-hydrogen) atoms. The third kappa shape index (κ3) is 14.7. The molecule has 0 heterocycles. The van der Waals surface area contributed by atoms with Crippen LogP contribution in [0.4, 0.5) is 0 Å². The quantitative estimate of drug-likeness (QED) is 0.198. The maximum Gasteiger partial charge on any atom is 0.303 e.